The molecule has 1 aromatic carbocycles. The third-order valence-electron chi connectivity index (χ3n) is 3.24. The molecule has 2 atom stereocenters. The lowest BCUT2D eigenvalue weighted by atomic mass is 10.1. The average Bonchev–Trinajstić information content (AvgIpc) is 2.84. The lowest BCUT2D eigenvalue weighted by molar-refractivity contribution is 0.0902. The fourth-order valence-corrected chi connectivity index (χ4v) is 2.33. The number of hydrogen-bond donors (Lipinski definition) is 1. The summed E-state index contributed by atoms with van der Waals surface area (Å²) in [5, 5.41) is 0. The zero-order valence-electron chi connectivity index (χ0n) is 11.1. The van der Waals surface area contributed by atoms with Crippen molar-refractivity contribution in [1.29, 1.82) is 0 Å². The van der Waals surface area contributed by atoms with Crippen LogP contribution in [0.3, 0.4) is 0 Å². The van der Waals surface area contributed by atoms with E-state index >= 15 is 0 Å². The Bertz CT molecular complexity index is 359. The molecular formula is C15H23NO2. The molecule has 1 aliphatic rings. The highest BCUT2D eigenvalue weighted by atomic mass is 16.5. The number of hydrogen-bond acceptors (Lipinski definition) is 3. The number of benzene rings is 1. The molecule has 2 N–H and O–H groups in total. The number of nitrogens with two attached hydrogens (primary N) is 1. The predicted octanol–water partition coefficient (Wildman–Crippen LogP) is 2.52. The summed E-state index contributed by atoms with van der Waals surface area (Å²) >= 11 is 0. The van der Waals surface area contributed by atoms with E-state index in [0.717, 1.165) is 31.8 Å². The van der Waals surface area contributed by atoms with Gasteiger partial charge in [-0.3, -0.25) is 0 Å². The highest BCUT2D eigenvalue weighted by Gasteiger charge is 2.15. The molecule has 0 bridgehead atoms. The minimum atomic E-state index is 0.160. The largest absolute Gasteiger partial charge is 0.493 e. The van der Waals surface area contributed by atoms with E-state index in [1.165, 1.54) is 18.4 Å². The van der Waals surface area contributed by atoms with Crippen molar-refractivity contribution in [2.75, 3.05) is 13.2 Å². The average molecular weight is 249 g/mol. The van der Waals surface area contributed by atoms with Gasteiger partial charge in [0.25, 0.3) is 0 Å². The summed E-state index contributed by atoms with van der Waals surface area (Å²) < 4.78 is 11.5. The van der Waals surface area contributed by atoms with Gasteiger partial charge in [-0.05, 0) is 37.8 Å². The van der Waals surface area contributed by atoms with Crippen LogP contribution >= 0.6 is 0 Å². The van der Waals surface area contributed by atoms with Gasteiger partial charge in [-0.2, -0.15) is 0 Å². The molecule has 0 saturated carbocycles. The van der Waals surface area contributed by atoms with Gasteiger partial charge in [-0.15, -0.1) is 0 Å². The lowest BCUT2D eigenvalue weighted by Crippen LogP contribution is -2.18. The minimum Gasteiger partial charge on any atom is -0.493 e. The highest BCUT2D eigenvalue weighted by molar-refractivity contribution is 5.33. The summed E-state index contributed by atoms with van der Waals surface area (Å²) in [5.74, 6) is 0.966. The summed E-state index contributed by atoms with van der Waals surface area (Å²) in [6.45, 7) is 3.65. The first-order chi connectivity index (χ1) is 8.75. The molecule has 1 aromatic rings. The third kappa shape index (κ3) is 4.00. The maximum absolute atomic E-state index is 5.86. The SMILES string of the molecule is CC(N)Cc1ccccc1OCCC1CCCO1. The van der Waals surface area contributed by atoms with Gasteiger partial charge in [0, 0.05) is 19.1 Å². The van der Waals surface area contributed by atoms with E-state index in [1.54, 1.807) is 0 Å². The first kappa shape index (κ1) is 13.4. The maximum atomic E-state index is 5.86. The summed E-state index contributed by atoms with van der Waals surface area (Å²) in [4.78, 5) is 0. The fourth-order valence-electron chi connectivity index (χ4n) is 2.33. The molecule has 3 nitrogen and oxygen atoms in total. The van der Waals surface area contributed by atoms with Crippen molar-refractivity contribution in [2.24, 2.45) is 5.73 Å². The fraction of sp³-hybridized carbons (Fsp3) is 0.600. The van der Waals surface area contributed by atoms with Crippen LogP contribution in [0.1, 0.15) is 31.7 Å². The normalized spacial score (nSPS) is 20.9. The standard InChI is InChI=1S/C15H23NO2/c1-12(16)11-13-5-2-3-7-15(13)18-10-8-14-6-4-9-17-14/h2-3,5,7,12,14H,4,6,8-11,16H2,1H3. The molecule has 0 aromatic heterocycles. The van der Waals surface area contributed by atoms with Crippen molar-refractivity contribution in [3.63, 3.8) is 0 Å². The van der Waals surface area contributed by atoms with Crippen molar-refractivity contribution in [1.82, 2.24) is 0 Å². The van der Waals surface area contributed by atoms with E-state index in [0.29, 0.717) is 6.10 Å². The molecule has 100 valence electrons. The van der Waals surface area contributed by atoms with E-state index in [9.17, 15) is 0 Å². The molecule has 0 aliphatic carbocycles. The van der Waals surface area contributed by atoms with Gasteiger partial charge in [0.05, 0.1) is 12.7 Å². The Labute approximate surface area is 109 Å². The molecule has 2 unspecified atom stereocenters. The van der Waals surface area contributed by atoms with Gasteiger partial charge in [0.2, 0.25) is 0 Å². The van der Waals surface area contributed by atoms with Crippen LogP contribution in [0.15, 0.2) is 24.3 Å². The molecule has 3 heteroatoms. The molecule has 1 heterocycles. The van der Waals surface area contributed by atoms with Crippen molar-refractivity contribution in [3.8, 4) is 5.75 Å². The highest BCUT2D eigenvalue weighted by Crippen LogP contribution is 2.21. The van der Waals surface area contributed by atoms with Gasteiger partial charge in [0.1, 0.15) is 5.75 Å². The Hall–Kier alpha value is -1.06. The topological polar surface area (TPSA) is 44.5 Å². The number of ether oxygens (including phenoxy) is 2. The van der Waals surface area contributed by atoms with Crippen LogP contribution in [0.2, 0.25) is 0 Å². The Morgan fingerprint density at radius 1 is 1.44 bits per heavy atom. The molecule has 0 spiro atoms. The van der Waals surface area contributed by atoms with Crippen LogP contribution in [0.4, 0.5) is 0 Å². The number of para-hydroxylation sites is 1. The quantitative estimate of drug-likeness (QED) is 0.842. The first-order valence-corrected chi connectivity index (χ1v) is 6.83. The van der Waals surface area contributed by atoms with Gasteiger partial charge < -0.3 is 15.2 Å². The smallest absolute Gasteiger partial charge is 0.122 e. The third-order valence-corrected chi connectivity index (χ3v) is 3.24. The Morgan fingerprint density at radius 3 is 3.00 bits per heavy atom. The molecule has 1 aliphatic heterocycles. The van der Waals surface area contributed by atoms with Crippen molar-refractivity contribution < 1.29 is 9.47 Å². The van der Waals surface area contributed by atoms with Gasteiger partial charge in [-0.25, -0.2) is 0 Å². The van der Waals surface area contributed by atoms with Crippen LogP contribution in [0, 0.1) is 0 Å². The van der Waals surface area contributed by atoms with Crippen LogP contribution in [-0.4, -0.2) is 25.4 Å². The lowest BCUT2D eigenvalue weighted by Gasteiger charge is -2.14. The van der Waals surface area contributed by atoms with Crippen molar-refractivity contribution in [2.45, 2.75) is 44.8 Å². The molecular weight excluding hydrogens is 226 g/mol. The molecule has 18 heavy (non-hydrogen) atoms. The van der Waals surface area contributed by atoms with E-state index in [2.05, 4.69) is 6.07 Å². The molecule has 0 radical (unpaired) electrons. The van der Waals surface area contributed by atoms with E-state index in [1.807, 2.05) is 25.1 Å². The zero-order valence-corrected chi connectivity index (χ0v) is 11.1. The van der Waals surface area contributed by atoms with Crippen LogP contribution in [0.25, 0.3) is 0 Å². The summed E-state index contributed by atoms with van der Waals surface area (Å²) in [6.07, 6.45) is 4.59. The second-order valence-corrected chi connectivity index (χ2v) is 5.06. The van der Waals surface area contributed by atoms with E-state index in [-0.39, 0.29) is 6.04 Å². The summed E-state index contributed by atoms with van der Waals surface area (Å²) in [7, 11) is 0. The monoisotopic (exact) mass is 249 g/mol. The number of rotatable bonds is 6. The summed E-state index contributed by atoms with van der Waals surface area (Å²) in [5.41, 5.74) is 7.04. The predicted molar refractivity (Wildman–Crippen MR) is 72.9 cm³/mol. The maximum Gasteiger partial charge on any atom is 0.122 e. The summed E-state index contributed by atoms with van der Waals surface area (Å²) in [6, 6.07) is 8.31. The second-order valence-electron chi connectivity index (χ2n) is 5.06. The van der Waals surface area contributed by atoms with E-state index < -0.39 is 0 Å². The van der Waals surface area contributed by atoms with Crippen molar-refractivity contribution in [3.05, 3.63) is 29.8 Å². The van der Waals surface area contributed by atoms with Gasteiger partial charge in [-0.1, -0.05) is 18.2 Å². The molecule has 1 saturated heterocycles. The van der Waals surface area contributed by atoms with Crippen molar-refractivity contribution >= 4 is 0 Å². The first-order valence-electron chi connectivity index (χ1n) is 6.83. The Balaban J connectivity index is 1.83. The van der Waals surface area contributed by atoms with Crippen LogP contribution in [-0.2, 0) is 11.2 Å². The molecule has 0 amide bonds. The van der Waals surface area contributed by atoms with Crippen LogP contribution in [0.5, 0.6) is 5.75 Å². The minimum absolute atomic E-state index is 0.160. The Morgan fingerprint density at radius 2 is 2.28 bits per heavy atom. The van der Waals surface area contributed by atoms with E-state index in [4.69, 9.17) is 15.2 Å². The second kappa shape index (κ2) is 6.76. The zero-order chi connectivity index (χ0) is 12.8. The van der Waals surface area contributed by atoms with Crippen LogP contribution < -0.4 is 10.5 Å². The Kier molecular flexibility index (Phi) is 5.02. The van der Waals surface area contributed by atoms with Gasteiger partial charge in [0.15, 0.2) is 0 Å². The van der Waals surface area contributed by atoms with Gasteiger partial charge >= 0.3 is 0 Å². The molecule has 2 rings (SSSR count). The molecule has 1 fully saturated rings.